The van der Waals surface area contributed by atoms with Gasteiger partial charge in [-0.1, -0.05) is 11.8 Å². The first kappa shape index (κ1) is 10.2. The van der Waals surface area contributed by atoms with Crippen molar-refractivity contribution in [2.75, 3.05) is 13.4 Å². The van der Waals surface area contributed by atoms with Crippen molar-refractivity contribution in [3.8, 4) is 5.75 Å². The number of hydrogen-bond acceptors (Lipinski definition) is 5. The highest BCUT2D eigenvalue weighted by molar-refractivity contribution is 7.98. The number of ether oxygens (including phenoxy) is 1. The maximum absolute atomic E-state index is 5.19. The van der Waals surface area contributed by atoms with Gasteiger partial charge >= 0.3 is 0 Å². The molecular formula is C10H11N3OS. The first-order valence-electron chi connectivity index (χ1n) is 4.47. The maximum Gasteiger partial charge on any atom is 0.189 e. The van der Waals surface area contributed by atoms with Crippen LogP contribution in [0.2, 0.25) is 0 Å². The van der Waals surface area contributed by atoms with Crippen molar-refractivity contribution < 1.29 is 4.74 Å². The summed E-state index contributed by atoms with van der Waals surface area (Å²) in [5.41, 5.74) is 1.56. The fourth-order valence-corrected chi connectivity index (χ4v) is 1.66. The molecule has 0 unspecified atom stereocenters. The number of pyridine rings is 1. The SMILES string of the molecule is COc1cc2cnc(SC)nc2nc1C. The molecule has 0 N–H and O–H groups in total. The minimum atomic E-state index is 0.715. The summed E-state index contributed by atoms with van der Waals surface area (Å²) in [5.74, 6) is 0.767. The van der Waals surface area contributed by atoms with Crippen molar-refractivity contribution in [3.63, 3.8) is 0 Å². The lowest BCUT2D eigenvalue weighted by Gasteiger charge is -2.05. The highest BCUT2D eigenvalue weighted by atomic mass is 32.2. The summed E-state index contributed by atoms with van der Waals surface area (Å²) in [6, 6.07) is 1.90. The molecule has 0 aromatic carbocycles. The normalized spacial score (nSPS) is 10.6. The first-order valence-corrected chi connectivity index (χ1v) is 5.69. The standard InChI is InChI=1S/C10H11N3OS/c1-6-8(14-2)4-7-5-11-10(15-3)13-9(7)12-6/h4-5H,1-3H3. The van der Waals surface area contributed by atoms with Crippen LogP contribution in [0.5, 0.6) is 5.75 Å². The summed E-state index contributed by atoms with van der Waals surface area (Å²) < 4.78 is 5.19. The highest BCUT2D eigenvalue weighted by Crippen LogP contribution is 2.21. The number of hydrogen-bond donors (Lipinski definition) is 0. The Morgan fingerprint density at radius 3 is 2.80 bits per heavy atom. The van der Waals surface area contributed by atoms with E-state index in [2.05, 4.69) is 15.0 Å². The van der Waals surface area contributed by atoms with Crippen molar-refractivity contribution >= 4 is 22.8 Å². The first-order chi connectivity index (χ1) is 7.24. The zero-order chi connectivity index (χ0) is 10.8. The average Bonchev–Trinajstić information content (AvgIpc) is 2.27. The summed E-state index contributed by atoms with van der Waals surface area (Å²) in [4.78, 5) is 12.9. The third-order valence-corrected chi connectivity index (χ3v) is 2.65. The van der Waals surface area contributed by atoms with E-state index in [0.29, 0.717) is 5.65 Å². The molecule has 2 heterocycles. The smallest absolute Gasteiger partial charge is 0.189 e. The van der Waals surface area contributed by atoms with Gasteiger partial charge in [0.2, 0.25) is 0 Å². The van der Waals surface area contributed by atoms with Crippen molar-refractivity contribution in [1.82, 2.24) is 15.0 Å². The van der Waals surface area contributed by atoms with Gasteiger partial charge in [0.05, 0.1) is 12.8 Å². The van der Waals surface area contributed by atoms with Crippen molar-refractivity contribution in [2.45, 2.75) is 12.1 Å². The molecular weight excluding hydrogens is 210 g/mol. The van der Waals surface area contributed by atoms with E-state index in [0.717, 1.165) is 22.0 Å². The zero-order valence-electron chi connectivity index (χ0n) is 8.81. The van der Waals surface area contributed by atoms with Crippen LogP contribution < -0.4 is 4.74 Å². The third-order valence-electron chi connectivity index (χ3n) is 2.09. The Labute approximate surface area is 92.1 Å². The molecule has 0 radical (unpaired) electrons. The van der Waals surface area contributed by atoms with Crippen LogP contribution in [0.1, 0.15) is 5.69 Å². The molecule has 2 aromatic rings. The summed E-state index contributed by atoms with van der Waals surface area (Å²) >= 11 is 1.51. The molecule has 0 aliphatic rings. The van der Waals surface area contributed by atoms with Gasteiger partial charge in [0.1, 0.15) is 5.75 Å². The summed E-state index contributed by atoms with van der Waals surface area (Å²) in [6.45, 7) is 1.90. The molecule has 0 bridgehead atoms. The number of methoxy groups -OCH3 is 1. The maximum atomic E-state index is 5.19. The van der Waals surface area contributed by atoms with Gasteiger partial charge in [-0.05, 0) is 19.2 Å². The van der Waals surface area contributed by atoms with Gasteiger partial charge < -0.3 is 4.74 Å². The van der Waals surface area contributed by atoms with E-state index in [4.69, 9.17) is 4.74 Å². The molecule has 4 nitrogen and oxygen atoms in total. The molecule has 2 rings (SSSR count). The predicted octanol–water partition coefficient (Wildman–Crippen LogP) is 2.06. The second-order valence-electron chi connectivity index (χ2n) is 3.05. The summed E-state index contributed by atoms with van der Waals surface area (Å²) in [5, 5.41) is 1.63. The van der Waals surface area contributed by atoms with Crippen LogP contribution in [0.15, 0.2) is 17.4 Å². The number of rotatable bonds is 2. The average molecular weight is 221 g/mol. The summed E-state index contributed by atoms with van der Waals surface area (Å²) in [6.07, 6.45) is 3.71. The molecule has 0 aliphatic heterocycles. The molecule has 0 atom stereocenters. The monoisotopic (exact) mass is 221 g/mol. The Balaban J connectivity index is 2.65. The lowest BCUT2D eigenvalue weighted by atomic mass is 10.3. The lowest BCUT2D eigenvalue weighted by Crippen LogP contribution is -1.95. The topological polar surface area (TPSA) is 47.9 Å². The van der Waals surface area contributed by atoms with Gasteiger partial charge in [0.25, 0.3) is 0 Å². The van der Waals surface area contributed by atoms with Crippen LogP contribution in [0.25, 0.3) is 11.0 Å². The fraction of sp³-hybridized carbons (Fsp3) is 0.300. The fourth-order valence-electron chi connectivity index (χ4n) is 1.32. The van der Waals surface area contributed by atoms with Crippen molar-refractivity contribution in [1.29, 1.82) is 0 Å². The Bertz CT molecular complexity index is 501. The molecule has 0 amide bonds. The minimum Gasteiger partial charge on any atom is -0.495 e. The van der Waals surface area contributed by atoms with Crippen LogP contribution in [-0.4, -0.2) is 28.3 Å². The van der Waals surface area contributed by atoms with E-state index >= 15 is 0 Å². The van der Waals surface area contributed by atoms with Crippen molar-refractivity contribution in [3.05, 3.63) is 18.0 Å². The van der Waals surface area contributed by atoms with E-state index in [9.17, 15) is 0 Å². The van der Waals surface area contributed by atoms with Gasteiger partial charge in [-0.3, -0.25) is 0 Å². The molecule has 0 spiro atoms. The van der Waals surface area contributed by atoms with E-state index in [1.807, 2.05) is 19.2 Å². The van der Waals surface area contributed by atoms with Gasteiger partial charge in [-0.15, -0.1) is 0 Å². The quantitative estimate of drug-likeness (QED) is 0.574. The minimum absolute atomic E-state index is 0.715. The third kappa shape index (κ3) is 1.87. The Hall–Kier alpha value is -1.36. The molecule has 0 fully saturated rings. The van der Waals surface area contributed by atoms with E-state index in [-0.39, 0.29) is 0 Å². The molecule has 0 aliphatic carbocycles. The van der Waals surface area contributed by atoms with Crippen molar-refractivity contribution in [2.24, 2.45) is 0 Å². The number of aryl methyl sites for hydroxylation is 1. The molecule has 0 saturated heterocycles. The Morgan fingerprint density at radius 1 is 1.33 bits per heavy atom. The number of aromatic nitrogens is 3. The number of thioether (sulfide) groups is 1. The second kappa shape index (κ2) is 4.02. The largest absolute Gasteiger partial charge is 0.495 e. The highest BCUT2D eigenvalue weighted by Gasteiger charge is 2.05. The predicted molar refractivity (Wildman–Crippen MR) is 60.4 cm³/mol. The van der Waals surface area contributed by atoms with Gasteiger partial charge in [0, 0.05) is 11.6 Å². The molecule has 5 heteroatoms. The van der Waals surface area contributed by atoms with E-state index in [1.165, 1.54) is 11.8 Å². The van der Waals surface area contributed by atoms with E-state index in [1.54, 1.807) is 13.3 Å². The summed E-state index contributed by atoms with van der Waals surface area (Å²) in [7, 11) is 1.63. The lowest BCUT2D eigenvalue weighted by molar-refractivity contribution is 0.410. The van der Waals surface area contributed by atoms with Crippen LogP contribution in [-0.2, 0) is 0 Å². The van der Waals surface area contributed by atoms with E-state index < -0.39 is 0 Å². The zero-order valence-corrected chi connectivity index (χ0v) is 9.63. The van der Waals surface area contributed by atoms with Crippen LogP contribution in [0.4, 0.5) is 0 Å². The second-order valence-corrected chi connectivity index (χ2v) is 3.82. The van der Waals surface area contributed by atoms with Crippen LogP contribution in [0.3, 0.4) is 0 Å². The molecule has 2 aromatic heterocycles. The Morgan fingerprint density at radius 2 is 2.13 bits per heavy atom. The van der Waals surface area contributed by atoms with Crippen LogP contribution in [0, 0.1) is 6.92 Å². The number of nitrogens with zero attached hydrogens (tertiary/aromatic N) is 3. The number of fused-ring (bicyclic) bond motifs is 1. The molecule has 0 saturated carbocycles. The van der Waals surface area contributed by atoms with Gasteiger partial charge in [-0.2, -0.15) is 0 Å². The van der Waals surface area contributed by atoms with Gasteiger partial charge in [0.15, 0.2) is 10.8 Å². The molecule has 78 valence electrons. The molecule has 15 heavy (non-hydrogen) atoms. The van der Waals surface area contributed by atoms with Crippen LogP contribution >= 0.6 is 11.8 Å². The van der Waals surface area contributed by atoms with Gasteiger partial charge in [-0.25, -0.2) is 15.0 Å². The Kier molecular flexibility index (Phi) is 2.73.